The van der Waals surface area contributed by atoms with Crippen LogP contribution in [0.15, 0.2) is 53.4 Å². The molecule has 2 aromatic carbocycles. The molecule has 0 radical (unpaired) electrons. The molecule has 1 saturated heterocycles. The van der Waals surface area contributed by atoms with Crippen LogP contribution in [0.2, 0.25) is 0 Å². The molecule has 1 aliphatic heterocycles. The molecule has 0 bridgehead atoms. The molecule has 5 nitrogen and oxygen atoms in total. The Labute approximate surface area is 140 Å². The van der Waals surface area contributed by atoms with Crippen molar-refractivity contribution >= 4 is 27.3 Å². The maximum absolute atomic E-state index is 13.2. The highest BCUT2D eigenvalue weighted by Crippen LogP contribution is 2.23. The molecule has 126 valence electrons. The third-order valence-electron chi connectivity index (χ3n) is 3.86. The van der Waals surface area contributed by atoms with Crippen molar-refractivity contribution in [3.8, 4) is 0 Å². The summed E-state index contributed by atoms with van der Waals surface area (Å²) in [6.45, 7) is 0.645. The zero-order valence-electron chi connectivity index (χ0n) is 12.9. The van der Waals surface area contributed by atoms with Gasteiger partial charge in [-0.3, -0.25) is 9.52 Å². The predicted octanol–water partition coefficient (Wildman–Crippen LogP) is 3.14. The van der Waals surface area contributed by atoms with Gasteiger partial charge in [0.25, 0.3) is 10.0 Å². The number of nitrogens with zero attached hydrogens (tertiary/aromatic N) is 1. The molecular weight excluding hydrogens is 331 g/mol. The summed E-state index contributed by atoms with van der Waals surface area (Å²) in [5.74, 6) is -0.469. The maximum Gasteiger partial charge on any atom is 0.261 e. The van der Waals surface area contributed by atoms with E-state index in [0.29, 0.717) is 18.7 Å². The maximum atomic E-state index is 13.2. The van der Waals surface area contributed by atoms with Crippen molar-refractivity contribution in [3.63, 3.8) is 0 Å². The second-order valence-corrected chi connectivity index (χ2v) is 7.29. The Morgan fingerprint density at radius 3 is 2.46 bits per heavy atom. The molecule has 0 aliphatic carbocycles. The van der Waals surface area contributed by atoms with Gasteiger partial charge in [0.2, 0.25) is 5.91 Å². The third kappa shape index (κ3) is 3.56. The number of carbonyl (C=O) groups excluding carboxylic acids is 1. The van der Waals surface area contributed by atoms with E-state index >= 15 is 0 Å². The normalized spacial score (nSPS) is 15.4. The molecule has 0 atom stereocenters. The Bertz CT molecular complexity index is 850. The molecule has 24 heavy (non-hydrogen) atoms. The zero-order valence-corrected chi connectivity index (χ0v) is 13.7. The van der Waals surface area contributed by atoms with E-state index in [9.17, 15) is 17.6 Å². The standard InChI is InChI=1S/C17H17FN2O3S/c18-13-4-3-5-14(12-13)19-24(22,23)16-9-7-15(8-10-16)20-11-2-1-6-17(20)21/h3-5,7-10,12,19H,1-2,6,11H2. The van der Waals surface area contributed by atoms with Gasteiger partial charge in [-0.05, 0) is 55.3 Å². The number of hydrogen-bond acceptors (Lipinski definition) is 3. The van der Waals surface area contributed by atoms with Crippen LogP contribution in [0.1, 0.15) is 19.3 Å². The van der Waals surface area contributed by atoms with E-state index in [4.69, 9.17) is 0 Å². The second-order valence-electron chi connectivity index (χ2n) is 5.61. The SMILES string of the molecule is O=C1CCCCN1c1ccc(S(=O)(=O)Nc2cccc(F)c2)cc1. The van der Waals surface area contributed by atoms with Gasteiger partial charge < -0.3 is 4.90 Å². The van der Waals surface area contributed by atoms with Crippen molar-refractivity contribution < 1.29 is 17.6 Å². The molecule has 0 spiro atoms. The predicted molar refractivity (Wildman–Crippen MR) is 89.9 cm³/mol. The lowest BCUT2D eigenvalue weighted by Crippen LogP contribution is -2.35. The number of carbonyl (C=O) groups is 1. The summed E-state index contributed by atoms with van der Waals surface area (Å²) < 4.78 is 40.2. The van der Waals surface area contributed by atoms with Crippen LogP contribution in [-0.4, -0.2) is 20.9 Å². The quantitative estimate of drug-likeness (QED) is 0.923. The van der Waals surface area contributed by atoms with Gasteiger partial charge in [0.15, 0.2) is 0 Å². The Balaban J connectivity index is 1.80. The average Bonchev–Trinajstić information content (AvgIpc) is 2.55. The van der Waals surface area contributed by atoms with Crippen LogP contribution in [-0.2, 0) is 14.8 Å². The molecule has 3 rings (SSSR count). The first-order valence-electron chi connectivity index (χ1n) is 7.64. The smallest absolute Gasteiger partial charge is 0.261 e. The molecule has 0 unspecified atom stereocenters. The molecule has 2 aromatic rings. The summed E-state index contributed by atoms with van der Waals surface area (Å²) in [4.78, 5) is 13.6. The Morgan fingerprint density at radius 1 is 1.04 bits per heavy atom. The number of hydrogen-bond donors (Lipinski definition) is 1. The van der Waals surface area contributed by atoms with Crippen LogP contribution in [0, 0.1) is 5.82 Å². The molecule has 1 N–H and O–H groups in total. The number of piperidine rings is 1. The highest BCUT2D eigenvalue weighted by molar-refractivity contribution is 7.92. The van der Waals surface area contributed by atoms with Crippen molar-refractivity contribution in [1.29, 1.82) is 0 Å². The lowest BCUT2D eigenvalue weighted by Gasteiger charge is -2.26. The Hall–Kier alpha value is -2.41. The highest BCUT2D eigenvalue weighted by atomic mass is 32.2. The van der Waals surface area contributed by atoms with E-state index < -0.39 is 15.8 Å². The molecule has 0 saturated carbocycles. The van der Waals surface area contributed by atoms with Gasteiger partial charge >= 0.3 is 0 Å². The first kappa shape index (κ1) is 16.4. The number of benzene rings is 2. The summed E-state index contributed by atoms with van der Waals surface area (Å²) in [6, 6.07) is 11.4. The summed E-state index contributed by atoms with van der Waals surface area (Å²) >= 11 is 0. The van der Waals surface area contributed by atoms with Gasteiger partial charge in [0, 0.05) is 18.7 Å². The van der Waals surface area contributed by atoms with Gasteiger partial charge in [0.1, 0.15) is 5.82 Å². The summed E-state index contributed by atoms with van der Waals surface area (Å²) in [5.41, 5.74) is 0.842. The van der Waals surface area contributed by atoms with E-state index in [2.05, 4.69) is 4.72 Å². The number of amides is 1. The van der Waals surface area contributed by atoms with Crippen LogP contribution < -0.4 is 9.62 Å². The summed E-state index contributed by atoms with van der Waals surface area (Å²) in [6.07, 6.45) is 2.34. The first-order chi connectivity index (χ1) is 11.5. The van der Waals surface area contributed by atoms with Crippen molar-refractivity contribution in [3.05, 3.63) is 54.3 Å². The minimum absolute atomic E-state index is 0.0507. The van der Waals surface area contributed by atoms with Gasteiger partial charge in [-0.2, -0.15) is 0 Å². The lowest BCUT2D eigenvalue weighted by molar-refractivity contribution is -0.119. The molecule has 1 heterocycles. The Kier molecular flexibility index (Phi) is 4.53. The fraction of sp³-hybridized carbons (Fsp3) is 0.235. The Morgan fingerprint density at radius 2 is 1.79 bits per heavy atom. The van der Waals surface area contributed by atoms with Crippen LogP contribution in [0.25, 0.3) is 0 Å². The van der Waals surface area contributed by atoms with Crippen molar-refractivity contribution in [2.45, 2.75) is 24.2 Å². The number of halogens is 1. The molecule has 1 fully saturated rings. The minimum Gasteiger partial charge on any atom is -0.312 e. The molecular formula is C17H17FN2O3S. The third-order valence-corrected chi connectivity index (χ3v) is 5.26. The zero-order chi connectivity index (χ0) is 17.2. The summed E-state index contributed by atoms with van der Waals surface area (Å²) in [5, 5.41) is 0. The molecule has 7 heteroatoms. The van der Waals surface area contributed by atoms with Crippen LogP contribution in [0.4, 0.5) is 15.8 Å². The van der Waals surface area contributed by atoms with Crippen molar-refractivity contribution in [2.75, 3.05) is 16.2 Å². The average molecular weight is 348 g/mol. The van der Waals surface area contributed by atoms with Gasteiger partial charge in [-0.1, -0.05) is 6.07 Å². The fourth-order valence-electron chi connectivity index (χ4n) is 2.65. The monoisotopic (exact) mass is 348 g/mol. The van der Waals surface area contributed by atoms with E-state index in [0.717, 1.165) is 18.9 Å². The second kappa shape index (κ2) is 6.60. The molecule has 1 aliphatic rings. The largest absolute Gasteiger partial charge is 0.312 e. The lowest BCUT2D eigenvalue weighted by atomic mass is 10.1. The topological polar surface area (TPSA) is 66.5 Å². The van der Waals surface area contributed by atoms with E-state index in [-0.39, 0.29) is 16.5 Å². The van der Waals surface area contributed by atoms with Crippen molar-refractivity contribution in [2.24, 2.45) is 0 Å². The van der Waals surface area contributed by atoms with Gasteiger partial charge in [-0.15, -0.1) is 0 Å². The molecule has 1 amide bonds. The van der Waals surface area contributed by atoms with Crippen LogP contribution in [0.3, 0.4) is 0 Å². The van der Waals surface area contributed by atoms with E-state index in [1.165, 1.54) is 30.3 Å². The van der Waals surface area contributed by atoms with E-state index in [1.54, 1.807) is 17.0 Å². The first-order valence-corrected chi connectivity index (χ1v) is 9.13. The van der Waals surface area contributed by atoms with Gasteiger partial charge in [0.05, 0.1) is 10.6 Å². The number of rotatable bonds is 4. The van der Waals surface area contributed by atoms with Crippen LogP contribution >= 0.6 is 0 Å². The highest BCUT2D eigenvalue weighted by Gasteiger charge is 2.21. The number of nitrogens with one attached hydrogen (secondary N) is 1. The number of sulfonamides is 1. The number of anilines is 2. The minimum atomic E-state index is -3.81. The summed E-state index contributed by atoms with van der Waals surface area (Å²) in [7, 11) is -3.81. The van der Waals surface area contributed by atoms with Crippen molar-refractivity contribution in [1.82, 2.24) is 0 Å². The van der Waals surface area contributed by atoms with Crippen LogP contribution in [0.5, 0.6) is 0 Å². The van der Waals surface area contributed by atoms with E-state index in [1.807, 2.05) is 0 Å². The van der Waals surface area contributed by atoms with Gasteiger partial charge in [-0.25, -0.2) is 12.8 Å². The fourth-order valence-corrected chi connectivity index (χ4v) is 3.70. The molecule has 0 aromatic heterocycles.